The highest BCUT2D eigenvalue weighted by Gasteiger charge is 2.16. The van der Waals surface area contributed by atoms with Gasteiger partial charge in [0.25, 0.3) is 0 Å². The van der Waals surface area contributed by atoms with Crippen LogP contribution in [0.5, 0.6) is 0 Å². The normalized spacial score (nSPS) is 10.9. The van der Waals surface area contributed by atoms with Crippen LogP contribution in [0, 0.1) is 6.92 Å². The Hall–Kier alpha value is -0.590. The van der Waals surface area contributed by atoms with Gasteiger partial charge in [-0.15, -0.1) is 12.4 Å². The van der Waals surface area contributed by atoms with Gasteiger partial charge in [0.15, 0.2) is 0 Å². The van der Waals surface area contributed by atoms with Gasteiger partial charge in [0, 0.05) is 18.8 Å². The molecule has 0 atom stereocenters. The molecular formula is C5H9ClN2O3S. The molecule has 0 aliphatic carbocycles. The highest BCUT2D eigenvalue weighted by molar-refractivity contribution is 7.85. The topological polar surface area (TPSA) is 72.2 Å². The van der Waals surface area contributed by atoms with Gasteiger partial charge in [-0.1, -0.05) is 0 Å². The van der Waals surface area contributed by atoms with Crippen molar-refractivity contribution in [2.45, 2.75) is 11.9 Å². The number of nitrogens with zero attached hydrogens (tertiary/aromatic N) is 2. The number of halogens is 1. The quantitative estimate of drug-likeness (QED) is 0.684. The number of hydrogen-bond acceptors (Lipinski definition) is 3. The van der Waals surface area contributed by atoms with Crippen LogP contribution in [0.25, 0.3) is 0 Å². The summed E-state index contributed by atoms with van der Waals surface area (Å²) >= 11 is 0. The van der Waals surface area contributed by atoms with E-state index >= 15 is 0 Å². The molecule has 1 N–H and O–H groups in total. The fraction of sp³-hybridized carbons (Fsp3) is 0.400. The van der Waals surface area contributed by atoms with E-state index in [1.165, 1.54) is 10.9 Å². The molecule has 1 heterocycles. The molecule has 0 aromatic carbocycles. The first kappa shape index (κ1) is 11.4. The zero-order valence-electron chi connectivity index (χ0n) is 6.55. The highest BCUT2D eigenvalue weighted by atomic mass is 35.5. The summed E-state index contributed by atoms with van der Waals surface area (Å²) in [6, 6.07) is 0. The van der Waals surface area contributed by atoms with Crippen molar-refractivity contribution in [2.75, 3.05) is 0 Å². The first-order valence-electron chi connectivity index (χ1n) is 2.89. The molecule has 1 aromatic heterocycles. The first-order valence-corrected chi connectivity index (χ1v) is 4.33. The van der Waals surface area contributed by atoms with Gasteiger partial charge in [0.05, 0.1) is 0 Å². The summed E-state index contributed by atoms with van der Waals surface area (Å²) in [6.07, 6.45) is 1.52. The molecule has 0 aliphatic rings. The third kappa shape index (κ3) is 2.20. The van der Waals surface area contributed by atoms with E-state index in [1.54, 1.807) is 14.0 Å². The summed E-state index contributed by atoms with van der Waals surface area (Å²) in [5.41, 5.74) is 0.440. The van der Waals surface area contributed by atoms with Crippen LogP contribution in [0.1, 0.15) is 5.56 Å². The Balaban J connectivity index is 0.00000121. The Morgan fingerprint density at radius 1 is 1.58 bits per heavy atom. The average Bonchev–Trinajstić information content (AvgIpc) is 2.08. The number of hydrogen-bond donors (Lipinski definition) is 1. The molecule has 5 nitrogen and oxygen atoms in total. The molecule has 7 heteroatoms. The van der Waals surface area contributed by atoms with E-state index in [2.05, 4.69) is 5.10 Å². The van der Waals surface area contributed by atoms with E-state index in [-0.39, 0.29) is 17.4 Å². The molecule has 0 unspecified atom stereocenters. The smallest absolute Gasteiger partial charge is 0.281 e. The van der Waals surface area contributed by atoms with Crippen LogP contribution in [-0.2, 0) is 17.2 Å². The number of rotatable bonds is 1. The highest BCUT2D eigenvalue weighted by Crippen LogP contribution is 2.09. The van der Waals surface area contributed by atoms with E-state index in [9.17, 15) is 8.42 Å². The second kappa shape index (κ2) is 3.42. The predicted octanol–water partition coefficient (Wildman–Crippen LogP) is 0.397. The molecule has 0 amide bonds. The summed E-state index contributed by atoms with van der Waals surface area (Å²) in [5, 5.41) is 3.28. The molecule has 1 aromatic rings. The van der Waals surface area contributed by atoms with Crippen molar-refractivity contribution < 1.29 is 13.0 Å². The monoisotopic (exact) mass is 212 g/mol. The summed E-state index contributed by atoms with van der Waals surface area (Å²) in [5.74, 6) is 0. The SMILES string of the molecule is Cc1cn(C)nc1S(=O)(=O)O.Cl. The molecule has 12 heavy (non-hydrogen) atoms. The Bertz CT molecular complexity index is 370. The van der Waals surface area contributed by atoms with Gasteiger partial charge in [0.1, 0.15) is 0 Å². The van der Waals surface area contributed by atoms with E-state index in [0.29, 0.717) is 5.56 Å². The second-order valence-electron chi connectivity index (χ2n) is 2.27. The van der Waals surface area contributed by atoms with Gasteiger partial charge in [-0.05, 0) is 6.92 Å². The summed E-state index contributed by atoms with van der Waals surface area (Å²) in [4.78, 5) is 0. The standard InChI is InChI=1S/C5H8N2O3S.ClH/c1-4-3-7(2)6-5(4)11(8,9)10;/h3H,1-2H3,(H,8,9,10);1H. The minimum absolute atomic E-state index is 0. The maximum Gasteiger partial charge on any atom is 0.314 e. The van der Waals surface area contributed by atoms with Crippen LogP contribution in [0.2, 0.25) is 0 Å². The fourth-order valence-electron chi connectivity index (χ4n) is 0.842. The third-order valence-corrected chi connectivity index (χ3v) is 2.10. The number of aromatic nitrogens is 2. The molecule has 0 saturated carbocycles. The Morgan fingerprint density at radius 2 is 2.08 bits per heavy atom. The average molecular weight is 213 g/mol. The summed E-state index contributed by atoms with van der Waals surface area (Å²) < 4.78 is 31.0. The van der Waals surface area contributed by atoms with Crippen LogP contribution in [0.15, 0.2) is 11.2 Å². The molecule has 1 rings (SSSR count). The molecule has 0 radical (unpaired) electrons. The lowest BCUT2D eigenvalue weighted by Gasteiger charge is -1.89. The molecule has 0 fully saturated rings. The van der Waals surface area contributed by atoms with Crippen molar-refractivity contribution in [3.63, 3.8) is 0 Å². The fourth-order valence-corrected chi connectivity index (χ4v) is 1.53. The molecule has 0 saturated heterocycles. The van der Waals surface area contributed by atoms with Crippen molar-refractivity contribution in [1.82, 2.24) is 9.78 Å². The van der Waals surface area contributed by atoms with Crippen LogP contribution in [-0.4, -0.2) is 22.8 Å². The van der Waals surface area contributed by atoms with Crippen LogP contribution >= 0.6 is 12.4 Å². The maximum atomic E-state index is 10.5. The Kier molecular flexibility index (Phi) is 3.25. The maximum absolute atomic E-state index is 10.5. The van der Waals surface area contributed by atoms with Gasteiger partial charge in [-0.25, -0.2) is 0 Å². The van der Waals surface area contributed by atoms with Crippen molar-refractivity contribution in [2.24, 2.45) is 7.05 Å². The molecule has 70 valence electrons. The van der Waals surface area contributed by atoms with Gasteiger partial charge in [0.2, 0.25) is 5.03 Å². The van der Waals surface area contributed by atoms with Crippen molar-refractivity contribution >= 4 is 22.5 Å². The Morgan fingerprint density at radius 3 is 2.25 bits per heavy atom. The first-order chi connectivity index (χ1) is 4.91. The summed E-state index contributed by atoms with van der Waals surface area (Å²) in [7, 11) is -2.56. The van der Waals surface area contributed by atoms with Gasteiger partial charge in [-0.2, -0.15) is 13.5 Å². The lowest BCUT2D eigenvalue weighted by atomic mass is 10.4. The zero-order valence-corrected chi connectivity index (χ0v) is 8.18. The van der Waals surface area contributed by atoms with Crippen LogP contribution in [0.3, 0.4) is 0 Å². The molecular weight excluding hydrogens is 204 g/mol. The van der Waals surface area contributed by atoms with Gasteiger partial charge in [-0.3, -0.25) is 9.23 Å². The van der Waals surface area contributed by atoms with Crippen LogP contribution in [0.4, 0.5) is 0 Å². The minimum Gasteiger partial charge on any atom is -0.281 e. The van der Waals surface area contributed by atoms with Crippen LogP contribution < -0.4 is 0 Å². The lowest BCUT2D eigenvalue weighted by molar-refractivity contribution is 0.476. The van der Waals surface area contributed by atoms with E-state index < -0.39 is 10.1 Å². The molecule has 0 aliphatic heterocycles. The van der Waals surface area contributed by atoms with E-state index in [1.807, 2.05) is 0 Å². The van der Waals surface area contributed by atoms with E-state index in [0.717, 1.165) is 0 Å². The molecule has 0 bridgehead atoms. The van der Waals surface area contributed by atoms with Gasteiger partial charge >= 0.3 is 10.1 Å². The Labute approximate surface area is 76.6 Å². The second-order valence-corrected chi connectivity index (χ2v) is 3.60. The predicted molar refractivity (Wildman–Crippen MR) is 45.0 cm³/mol. The molecule has 0 spiro atoms. The van der Waals surface area contributed by atoms with Crippen molar-refractivity contribution in [3.8, 4) is 0 Å². The largest absolute Gasteiger partial charge is 0.314 e. The van der Waals surface area contributed by atoms with Crippen molar-refractivity contribution in [1.29, 1.82) is 0 Å². The van der Waals surface area contributed by atoms with Crippen molar-refractivity contribution in [3.05, 3.63) is 11.8 Å². The zero-order chi connectivity index (χ0) is 8.65. The lowest BCUT2D eigenvalue weighted by Crippen LogP contribution is -2.01. The summed E-state index contributed by atoms with van der Waals surface area (Å²) in [6.45, 7) is 1.57. The van der Waals surface area contributed by atoms with E-state index in [4.69, 9.17) is 4.55 Å². The number of aryl methyl sites for hydroxylation is 2. The third-order valence-electron chi connectivity index (χ3n) is 1.21. The van der Waals surface area contributed by atoms with Gasteiger partial charge < -0.3 is 0 Å². The minimum atomic E-state index is -4.14.